The molecule has 0 aromatic heterocycles. The van der Waals surface area contributed by atoms with Crippen LogP contribution in [0.4, 0.5) is 0 Å². The highest BCUT2D eigenvalue weighted by atomic mass is 32.2. The Kier molecular flexibility index (Phi) is 6.08. The first-order valence-corrected chi connectivity index (χ1v) is 8.24. The highest BCUT2D eigenvalue weighted by Gasteiger charge is 2.05. The van der Waals surface area contributed by atoms with Gasteiger partial charge >= 0.3 is 0 Å². The number of benzene rings is 2. The number of aliphatic hydroxyl groups excluding tert-OH is 1. The number of carbonyl (C=O) groups excluding carboxylic acids is 1. The average molecular weight is 303 g/mol. The number of thioether (sulfide) groups is 1. The highest BCUT2D eigenvalue weighted by Crippen LogP contribution is 2.23. The monoisotopic (exact) mass is 303 g/mol. The van der Waals surface area contributed by atoms with Gasteiger partial charge in [0.05, 0.1) is 11.9 Å². The summed E-state index contributed by atoms with van der Waals surface area (Å²) in [6.07, 6.45) is 1.02. The van der Waals surface area contributed by atoms with Crippen molar-refractivity contribution in [3.63, 3.8) is 0 Å². The molecular weight excluding hydrogens is 282 g/mol. The summed E-state index contributed by atoms with van der Waals surface area (Å²) >= 11 is 1.53. The summed E-state index contributed by atoms with van der Waals surface area (Å²) in [6.45, 7) is 2.47. The van der Waals surface area contributed by atoms with Crippen LogP contribution in [-0.2, 0) is 4.79 Å². The Bertz CT molecular complexity index is 600. The van der Waals surface area contributed by atoms with E-state index in [9.17, 15) is 9.90 Å². The topological polar surface area (TPSA) is 49.3 Å². The molecule has 0 radical (unpaired) electrons. The fourth-order valence-corrected chi connectivity index (χ4v) is 2.81. The standard InChI is InChI=1S/C17H21NO2S/c1-2-15(19)9-10-18-17(20)12-21-16-8-7-13-5-3-4-6-14(13)11-16/h3-8,11,15,19H,2,9-10,12H2,1H3,(H,18,20). The Morgan fingerprint density at radius 2 is 2.00 bits per heavy atom. The van der Waals surface area contributed by atoms with Gasteiger partial charge < -0.3 is 10.4 Å². The Morgan fingerprint density at radius 1 is 1.24 bits per heavy atom. The Balaban J connectivity index is 1.80. The number of rotatable bonds is 7. The Labute approximate surface area is 129 Å². The van der Waals surface area contributed by atoms with Crippen molar-refractivity contribution in [2.75, 3.05) is 12.3 Å². The van der Waals surface area contributed by atoms with Gasteiger partial charge in [0.25, 0.3) is 0 Å². The second-order valence-corrected chi connectivity index (χ2v) is 6.05. The van der Waals surface area contributed by atoms with E-state index >= 15 is 0 Å². The third kappa shape index (κ3) is 5.06. The molecule has 112 valence electrons. The van der Waals surface area contributed by atoms with E-state index in [1.165, 1.54) is 22.5 Å². The lowest BCUT2D eigenvalue weighted by Gasteiger charge is -2.09. The van der Waals surface area contributed by atoms with Crippen LogP contribution in [0, 0.1) is 0 Å². The summed E-state index contributed by atoms with van der Waals surface area (Å²) in [5.74, 6) is 0.414. The summed E-state index contributed by atoms with van der Waals surface area (Å²) in [4.78, 5) is 12.8. The van der Waals surface area contributed by atoms with Gasteiger partial charge in [0, 0.05) is 11.4 Å². The molecule has 0 aliphatic carbocycles. The van der Waals surface area contributed by atoms with Crippen LogP contribution >= 0.6 is 11.8 Å². The largest absolute Gasteiger partial charge is 0.393 e. The second-order valence-electron chi connectivity index (χ2n) is 5.00. The zero-order chi connectivity index (χ0) is 15.1. The van der Waals surface area contributed by atoms with Gasteiger partial charge in [0.2, 0.25) is 5.91 Å². The molecule has 0 aliphatic heterocycles. The molecule has 1 amide bonds. The van der Waals surface area contributed by atoms with Crippen molar-refractivity contribution in [2.24, 2.45) is 0 Å². The summed E-state index contributed by atoms with van der Waals surface area (Å²) < 4.78 is 0. The summed E-state index contributed by atoms with van der Waals surface area (Å²) in [7, 11) is 0. The number of carbonyl (C=O) groups is 1. The molecule has 2 aromatic carbocycles. The average Bonchev–Trinajstić information content (AvgIpc) is 2.52. The number of fused-ring (bicyclic) bond motifs is 1. The molecule has 21 heavy (non-hydrogen) atoms. The van der Waals surface area contributed by atoms with Crippen LogP contribution in [-0.4, -0.2) is 29.4 Å². The molecule has 0 saturated heterocycles. The quantitative estimate of drug-likeness (QED) is 0.772. The van der Waals surface area contributed by atoms with Crippen molar-refractivity contribution in [2.45, 2.75) is 30.8 Å². The van der Waals surface area contributed by atoms with E-state index in [4.69, 9.17) is 0 Å². The molecular formula is C17H21NO2S. The molecule has 0 heterocycles. The van der Waals surface area contributed by atoms with E-state index in [1.807, 2.05) is 25.1 Å². The van der Waals surface area contributed by atoms with Gasteiger partial charge in [-0.25, -0.2) is 0 Å². The van der Waals surface area contributed by atoms with Crippen molar-refractivity contribution >= 4 is 28.4 Å². The molecule has 1 atom stereocenters. The molecule has 0 fully saturated rings. The maximum atomic E-state index is 11.7. The van der Waals surface area contributed by atoms with Crippen molar-refractivity contribution in [3.05, 3.63) is 42.5 Å². The molecule has 0 spiro atoms. The first-order chi connectivity index (χ1) is 10.2. The summed E-state index contributed by atoms with van der Waals surface area (Å²) in [5, 5.41) is 14.7. The van der Waals surface area contributed by atoms with Crippen LogP contribution in [0.25, 0.3) is 10.8 Å². The van der Waals surface area contributed by atoms with Crippen molar-refractivity contribution in [3.8, 4) is 0 Å². The summed E-state index contributed by atoms with van der Waals surface area (Å²) in [6, 6.07) is 14.4. The van der Waals surface area contributed by atoms with E-state index in [1.54, 1.807) is 0 Å². The lowest BCUT2D eigenvalue weighted by molar-refractivity contribution is -0.118. The van der Waals surface area contributed by atoms with E-state index in [-0.39, 0.29) is 12.0 Å². The van der Waals surface area contributed by atoms with Crippen molar-refractivity contribution in [1.29, 1.82) is 0 Å². The van der Waals surface area contributed by atoms with Gasteiger partial charge in [-0.1, -0.05) is 37.3 Å². The van der Waals surface area contributed by atoms with E-state index in [0.29, 0.717) is 18.7 Å². The van der Waals surface area contributed by atoms with Crippen molar-refractivity contribution < 1.29 is 9.90 Å². The van der Waals surface area contributed by atoms with Gasteiger partial charge in [-0.2, -0.15) is 0 Å². The van der Waals surface area contributed by atoms with Crippen LogP contribution in [0.1, 0.15) is 19.8 Å². The third-order valence-corrected chi connectivity index (χ3v) is 4.36. The van der Waals surface area contributed by atoms with Crippen LogP contribution in [0.5, 0.6) is 0 Å². The SMILES string of the molecule is CCC(O)CCNC(=O)CSc1ccc2ccccc2c1. The lowest BCUT2D eigenvalue weighted by Crippen LogP contribution is -2.28. The first-order valence-electron chi connectivity index (χ1n) is 7.25. The maximum Gasteiger partial charge on any atom is 0.230 e. The normalized spacial score (nSPS) is 12.3. The minimum atomic E-state index is -0.321. The fraction of sp³-hybridized carbons (Fsp3) is 0.353. The van der Waals surface area contributed by atoms with Gasteiger partial charge in [-0.05, 0) is 35.7 Å². The minimum absolute atomic E-state index is 0.0106. The van der Waals surface area contributed by atoms with Gasteiger partial charge in [0.15, 0.2) is 0 Å². The lowest BCUT2D eigenvalue weighted by atomic mass is 10.1. The number of aliphatic hydroxyl groups is 1. The van der Waals surface area contributed by atoms with Crippen LogP contribution < -0.4 is 5.32 Å². The molecule has 2 N–H and O–H groups in total. The predicted octanol–water partition coefficient (Wildman–Crippen LogP) is 3.21. The zero-order valence-electron chi connectivity index (χ0n) is 12.2. The maximum absolute atomic E-state index is 11.7. The fourth-order valence-electron chi connectivity index (χ4n) is 2.04. The highest BCUT2D eigenvalue weighted by molar-refractivity contribution is 8.00. The molecule has 2 rings (SSSR count). The molecule has 0 aliphatic rings. The molecule has 1 unspecified atom stereocenters. The Morgan fingerprint density at radius 3 is 2.76 bits per heavy atom. The van der Waals surface area contributed by atoms with Crippen LogP contribution in [0.3, 0.4) is 0 Å². The number of amides is 1. The van der Waals surface area contributed by atoms with Crippen molar-refractivity contribution in [1.82, 2.24) is 5.32 Å². The second kappa shape index (κ2) is 8.05. The number of nitrogens with one attached hydrogen (secondary N) is 1. The predicted molar refractivity (Wildman–Crippen MR) is 88.6 cm³/mol. The molecule has 0 saturated carbocycles. The molecule has 2 aromatic rings. The Hall–Kier alpha value is -1.52. The number of hydrogen-bond donors (Lipinski definition) is 2. The third-order valence-electron chi connectivity index (χ3n) is 3.36. The zero-order valence-corrected chi connectivity index (χ0v) is 13.0. The summed E-state index contributed by atoms with van der Waals surface area (Å²) in [5.41, 5.74) is 0. The van der Waals surface area contributed by atoms with E-state index in [0.717, 1.165) is 11.3 Å². The smallest absolute Gasteiger partial charge is 0.230 e. The van der Waals surface area contributed by atoms with E-state index < -0.39 is 0 Å². The van der Waals surface area contributed by atoms with Crippen LogP contribution in [0.15, 0.2) is 47.4 Å². The van der Waals surface area contributed by atoms with Gasteiger partial charge in [-0.3, -0.25) is 4.79 Å². The first kappa shape index (κ1) is 15.9. The van der Waals surface area contributed by atoms with E-state index in [2.05, 4.69) is 29.6 Å². The van der Waals surface area contributed by atoms with Gasteiger partial charge in [-0.15, -0.1) is 11.8 Å². The molecule has 0 bridgehead atoms. The molecule has 3 nitrogen and oxygen atoms in total. The van der Waals surface area contributed by atoms with Crippen LogP contribution in [0.2, 0.25) is 0 Å². The number of hydrogen-bond acceptors (Lipinski definition) is 3. The van der Waals surface area contributed by atoms with Gasteiger partial charge in [0.1, 0.15) is 0 Å². The minimum Gasteiger partial charge on any atom is -0.393 e. The molecule has 4 heteroatoms.